The maximum absolute atomic E-state index is 4.57. The molecule has 0 aliphatic carbocycles. The van der Waals surface area contributed by atoms with E-state index in [9.17, 15) is 0 Å². The van der Waals surface area contributed by atoms with Crippen LogP contribution < -0.4 is 5.32 Å². The minimum absolute atomic E-state index is 0.595. The first-order valence-corrected chi connectivity index (χ1v) is 7.36. The molecule has 0 bridgehead atoms. The van der Waals surface area contributed by atoms with E-state index in [1.807, 2.05) is 62.0 Å². The molecule has 0 radical (unpaired) electrons. The molecule has 0 atom stereocenters. The zero-order chi connectivity index (χ0) is 15.6. The van der Waals surface area contributed by atoms with Crippen molar-refractivity contribution in [3.8, 4) is 11.1 Å². The molecule has 4 aromatic rings. The molecule has 112 valence electrons. The summed E-state index contributed by atoms with van der Waals surface area (Å²) in [6.07, 6.45) is 5.69. The Hall–Kier alpha value is -3.21. The molecule has 5 heteroatoms. The van der Waals surface area contributed by atoms with E-state index in [0.29, 0.717) is 5.95 Å². The van der Waals surface area contributed by atoms with Crippen molar-refractivity contribution in [2.24, 2.45) is 7.05 Å². The Balaban J connectivity index is 1.67. The molecule has 0 spiro atoms. The van der Waals surface area contributed by atoms with E-state index in [4.69, 9.17) is 0 Å². The van der Waals surface area contributed by atoms with E-state index < -0.39 is 0 Å². The van der Waals surface area contributed by atoms with Gasteiger partial charge in [-0.25, -0.2) is 9.97 Å². The normalized spacial score (nSPS) is 10.8. The van der Waals surface area contributed by atoms with Crippen molar-refractivity contribution in [3.05, 3.63) is 67.1 Å². The van der Waals surface area contributed by atoms with Crippen molar-refractivity contribution in [2.45, 2.75) is 0 Å². The van der Waals surface area contributed by atoms with Gasteiger partial charge in [0.05, 0.1) is 11.7 Å². The predicted molar refractivity (Wildman–Crippen MR) is 91.5 cm³/mol. The molecule has 1 N–H and O–H groups in total. The van der Waals surface area contributed by atoms with E-state index in [0.717, 1.165) is 27.7 Å². The van der Waals surface area contributed by atoms with Gasteiger partial charge in [-0.15, -0.1) is 0 Å². The standard InChI is InChI=1S/C18H15N5/c1-23-12-15(11-20-23)13-7-8-17-14(9-13)10-19-18(22-17)21-16-5-3-2-4-6-16/h2-12H,1H3,(H,19,21,22). The van der Waals surface area contributed by atoms with Crippen molar-refractivity contribution in [2.75, 3.05) is 5.32 Å². The van der Waals surface area contributed by atoms with Crippen LogP contribution in [0.1, 0.15) is 0 Å². The molecule has 0 aliphatic heterocycles. The van der Waals surface area contributed by atoms with E-state index >= 15 is 0 Å². The minimum atomic E-state index is 0.595. The van der Waals surface area contributed by atoms with Gasteiger partial charge in [0.2, 0.25) is 5.95 Å². The van der Waals surface area contributed by atoms with Crippen LogP contribution in [0.2, 0.25) is 0 Å². The third kappa shape index (κ3) is 2.76. The third-order valence-electron chi connectivity index (χ3n) is 3.65. The average molecular weight is 301 g/mol. The van der Waals surface area contributed by atoms with Gasteiger partial charge in [-0.05, 0) is 29.8 Å². The third-order valence-corrected chi connectivity index (χ3v) is 3.65. The van der Waals surface area contributed by atoms with Crippen molar-refractivity contribution < 1.29 is 0 Å². The molecule has 0 saturated carbocycles. The van der Waals surface area contributed by atoms with Crippen LogP contribution in [-0.2, 0) is 7.05 Å². The topological polar surface area (TPSA) is 55.6 Å². The summed E-state index contributed by atoms with van der Waals surface area (Å²) in [4.78, 5) is 8.97. The van der Waals surface area contributed by atoms with Gasteiger partial charge < -0.3 is 5.32 Å². The lowest BCUT2D eigenvalue weighted by Gasteiger charge is -2.06. The smallest absolute Gasteiger partial charge is 0.227 e. The first-order chi connectivity index (χ1) is 11.3. The van der Waals surface area contributed by atoms with Gasteiger partial charge in [0, 0.05) is 36.1 Å². The summed E-state index contributed by atoms with van der Waals surface area (Å²) in [5.74, 6) is 0.595. The Kier molecular flexibility index (Phi) is 3.24. The molecule has 5 nitrogen and oxygen atoms in total. The molecular weight excluding hydrogens is 286 g/mol. The Morgan fingerprint density at radius 3 is 2.61 bits per heavy atom. The average Bonchev–Trinajstić information content (AvgIpc) is 3.02. The first kappa shape index (κ1) is 13.5. The monoisotopic (exact) mass is 301 g/mol. The van der Waals surface area contributed by atoms with Crippen LogP contribution in [0, 0.1) is 0 Å². The van der Waals surface area contributed by atoms with Gasteiger partial charge in [-0.1, -0.05) is 24.3 Å². The Morgan fingerprint density at radius 2 is 1.83 bits per heavy atom. The predicted octanol–water partition coefficient (Wildman–Crippen LogP) is 3.77. The van der Waals surface area contributed by atoms with Crippen LogP contribution in [0.5, 0.6) is 0 Å². The number of benzene rings is 2. The van der Waals surface area contributed by atoms with Gasteiger partial charge in [0.15, 0.2) is 0 Å². The number of hydrogen-bond donors (Lipinski definition) is 1. The highest BCUT2D eigenvalue weighted by Crippen LogP contribution is 2.24. The highest BCUT2D eigenvalue weighted by molar-refractivity contribution is 5.84. The zero-order valence-electron chi connectivity index (χ0n) is 12.6. The molecular formula is C18H15N5. The second-order valence-corrected chi connectivity index (χ2v) is 5.36. The van der Waals surface area contributed by atoms with Crippen LogP contribution in [-0.4, -0.2) is 19.7 Å². The fourth-order valence-corrected chi connectivity index (χ4v) is 2.49. The molecule has 23 heavy (non-hydrogen) atoms. The van der Waals surface area contributed by atoms with Gasteiger partial charge in [-0.2, -0.15) is 5.10 Å². The molecule has 0 fully saturated rings. The number of nitrogens with zero attached hydrogens (tertiary/aromatic N) is 4. The number of fused-ring (bicyclic) bond motifs is 1. The molecule has 2 aromatic carbocycles. The minimum Gasteiger partial charge on any atom is -0.324 e. The summed E-state index contributed by atoms with van der Waals surface area (Å²) in [5, 5.41) is 8.42. The van der Waals surface area contributed by atoms with Crippen LogP contribution >= 0.6 is 0 Å². The largest absolute Gasteiger partial charge is 0.324 e. The van der Waals surface area contributed by atoms with Crippen LogP contribution in [0.25, 0.3) is 22.0 Å². The number of aromatic nitrogens is 4. The Labute approximate surface area is 133 Å². The molecule has 2 heterocycles. The van der Waals surface area contributed by atoms with E-state index in [1.54, 1.807) is 4.68 Å². The maximum atomic E-state index is 4.57. The molecule has 4 rings (SSSR count). The summed E-state index contributed by atoms with van der Waals surface area (Å²) in [7, 11) is 1.91. The highest BCUT2D eigenvalue weighted by atomic mass is 15.2. The SMILES string of the molecule is Cn1cc(-c2ccc3nc(Nc4ccccc4)ncc3c2)cn1. The lowest BCUT2D eigenvalue weighted by molar-refractivity contribution is 0.768. The van der Waals surface area contributed by atoms with E-state index in [2.05, 4.69) is 32.5 Å². The lowest BCUT2D eigenvalue weighted by atomic mass is 10.1. The molecule has 2 aromatic heterocycles. The zero-order valence-corrected chi connectivity index (χ0v) is 12.6. The van der Waals surface area contributed by atoms with Crippen molar-refractivity contribution in [1.29, 1.82) is 0 Å². The van der Waals surface area contributed by atoms with Crippen molar-refractivity contribution in [3.63, 3.8) is 0 Å². The quantitative estimate of drug-likeness (QED) is 0.626. The van der Waals surface area contributed by atoms with E-state index in [1.165, 1.54) is 0 Å². The van der Waals surface area contributed by atoms with Crippen molar-refractivity contribution in [1.82, 2.24) is 19.7 Å². The van der Waals surface area contributed by atoms with Gasteiger partial charge >= 0.3 is 0 Å². The number of anilines is 2. The molecule has 0 aliphatic rings. The highest BCUT2D eigenvalue weighted by Gasteiger charge is 2.05. The maximum Gasteiger partial charge on any atom is 0.227 e. The first-order valence-electron chi connectivity index (χ1n) is 7.36. The summed E-state index contributed by atoms with van der Waals surface area (Å²) >= 11 is 0. The molecule has 0 unspecified atom stereocenters. The summed E-state index contributed by atoms with van der Waals surface area (Å²) in [6, 6.07) is 16.0. The number of nitrogens with one attached hydrogen (secondary N) is 1. The second kappa shape index (κ2) is 5.53. The number of rotatable bonds is 3. The fraction of sp³-hybridized carbons (Fsp3) is 0.0556. The summed E-state index contributed by atoms with van der Waals surface area (Å²) in [5.41, 5.74) is 4.07. The number of aryl methyl sites for hydroxylation is 1. The van der Waals surface area contributed by atoms with Gasteiger partial charge in [0.25, 0.3) is 0 Å². The number of para-hydroxylation sites is 1. The van der Waals surface area contributed by atoms with Crippen molar-refractivity contribution >= 4 is 22.5 Å². The Bertz CT molecular complexity index is 959. The van der Waals surface area contributed by atoms with Crippen LogP contribution in [0.4, 0.5) is 11.6 Å². The summed E-state index contributed by atoms with van der Waals surface area (Å²) < 4.78 is 1.79. The second-order valence-electron chi connectivity index (χ2n) is 5.36. The molecule has 0 saturated heterocycles. The van der Waals surface area contributed by atoms with Gasteiger partial charge in [0.1, 0.15) is 0 Å². The number of hydrogen-bond acceptors (Lipinski definition) is 4. The van der Waals surface area contributed by atoms with Crippen LogP contribution in [0.3, 0.4) is 0 Å². The van der Waals surface area contributed by atoms with E-state index in [-0.39, 0.29) is 0 Å². The molecule has 0 amide bonds. The summed E-state index contributed by atoms with van der Waals surface area (Å²) in [6.45, 7) is 0. The Morgan fingerprint density at radius 1 is 0.957 bits per heavy atom. The fourth-order valence-electron chi connectivity index (χ4n) is 2.49. The lowest BCUT2D eigenvalue weighted by Crippen LogP contribution is -1.96. The van der Waals surface area contributed by atoms with Gasteiger partial charge in [-0.3, -0.25) is 4.68 Å². The van der Waals surface area contributed by atoms with Crippen LogP contribution in [0.15, 0.2) is 67.1 Å².